The number of nitrogens with one attached hydrogen (secondary N) is 1. The average Bonchev–Trinajstić information content (AvgIpc) is 3.06. The molecule has 0 aromatic heterocycles. The Bertz CT molecular complexity index is 817. The molecule has 26 heavy (non-hydrogen) atoms. The van der Waals surface area contributed by atoms with Crippen molar-refractivity contribution < 1.29 is 22.8 Å². The van der Waals surface area contributed by atoms with Crippen LogP contribution >= 0.6 is 11.8 Å². The van der Waals surface area contributed by atoms with Gasteiger partial charge in [-0.1, -0.05) is 12.1 Å². The number of rotatable bonds is 6. The van der Waals surface area contributed by atoms with Crippen molar-refractivity contribution in [2.24, 2.45) is 0 Å². The van der Waals surface area contributed by atoms with Gasteiger partial charge in [-0.15, -0.1) is 11.8 Å². The molecule has 3 rings (SSSR count). The van der Waals surface area contributed by atoms with E-state index in [1.807, 2.05) is 0 Å². The summed E-state index contributed by atoms with van der Waals surface area (Å²) in [6, 6.07) is 6.38. The standard InChI is InChI=1S/C17H20N2O5S2/c1-11(15(20)18-12-6-9-26(23,24)10-12)25-8-7-19-16(21)13-4-2-3-5-14(13)17(19)22/h2-5,11-12H,6-10H2,1H3,(H,18,20). The first-order valence-electron chi connectivity index (χ1n) is 8.36. The lowest BCUT2D eigenvalue weighted by molar-refractivity contribution is -0.120. The van der Waals surface area contributed by atoms with Crippen molar-refractivity contribution in [3.8, 4) is 0 Å². The van der Waals surface area contributed by atoms with Crippen molar-refractivity contribution in [3.05, 3.63) is 35.4 Å². The molecule has 3 amide bonds. The van der Waals surface area contributed by atoms with Crippen LogP contribution in [-0.2, 0) is 14.6 Å². The van der Waals surface area contributed by atoms with Crippen LogP contribution in [0.1, 0.15) is 34.1 Å². The summed E-state index contributed by atoms with van der Waals surface area (Å²) in [5.41, 5.74) is 0.825. The summed E-state index contributed by atoms with van der Waals surface area (Å²) in [5, 5.41) is 2.36. The number of fused-ring (bicyclic) bond motifs is 1. The van der Waals surface area contributed by atoms with Crippen LogP contribution in [0.5, 0.6) is 0 Å². The van der Waals surface area contributed by atoms with Crippen LogP contribution < -0.4 is 5.32 Å². The Morgan fingerprint density at radius 1 is 1.27 bits per heavy atom. The number of hydrogen-bond donors (Lipinski definition) is 1. The van der Waals surface area contributed by atoms with E-state index in [1.54, 1.807) is 31.2 Å². The van der Waals surface area contributed by atoms with Crippen LogP contribution in [0.4, 0.5) is 0 Å². The molecule has 1 N–H and O–H groups in total. The van der Waals surface area contributed by atoms with Gasteiger partial charge in [0.2, 0.25) is 5.91 Å². The van der Waals surface area contributed by atoms with E-state index >= 15 is 0 Å². The predicted octanol–water partition coefficient (Wildman–Crippen LogP) is 0.708. The lowest BCUT2D eigenvalue weighted by Gasteiger charge is -2.17. The number of nitrogens with zero attached hydrogens (tertiary/aromatic N) is 1. The molecule has 2 aliphatic heterocycles. The van der Waals surface area contributed by atoms with Gasteiger partial charge in [-0.2, -0.15) is 0 Å². The summed E-state index contributed by atoms with van der Waals surface area (Å²) < 4.78 is 22.9. The zero-order valence-electron chi connectivity index (χ0n) is 14.3. The minimum atomic E-state index is -3.04. The first-order valence-corrected chi connectivity index (χ1v) is 11.2. The SMILES string of the molecule is CC(SCCN1C(=O)c2ccccc2C1=O)C(=O)NC1CCS(=O)(=O)C1. The molecule has 0 spiro atoms. The highest BCUT2D eigenvalue weighted by Gasteiger charge is 2.35. The monoisotopic (exact) mass is 396 g/mol. The van der Waals surface area contributed by atoms with E-state index < -0.39 is 15.1 Å². The third-order valence-corrected chi connectivity index (χ3v) is 7.41. The van der Waals surface area contributed by atoms with Gasteiger partial charge in [0.15, 0.2) is 9.84 Å². The maximum atomic E-state index is 12.3. The fourth-order valence-electron chi connectivity index (χ4n) is 3.07. The molecule has 2 heterocycles. The van der Waals surface area contributed by atoms with E-state index in [1.165, 1.54) is 16.7 Å². The molecule has 1 saturated heterocycles. The second kappa shape index (κ2) is 7.40. The van der Waals surface area contributed by atoms with E-state index in [0.29, 0.717) is 23.3 Å². The van der Waals surface area contributed by atoms with Gasteiger partial charge in [0.05, 0.1) is 27.9 Å². The molecule has 0 saturated carbocycles. The normalized spacial score (nSPS) is 22.3. The first-order chi connectivity index (χ1) is 12.3. The number of hydrogen-bond acceptors (Lipinski definition) is 6. The molecule has 0 bridgehead atoms. The third kappa shape index (κ3) is 3.93. The number of carbonyl (C=O) groups is 3. The van der Waals surface area contributed by atoms with Gasteiger partial charge in [0, 0.05) is 18.3 Å². The van der Waals surface area contributed by atoms with Crippen molar-refractivity contribution in [3.63, 3.8) is 0 Å². The second-order valence-electron chi connectivity index (χ2n) is 6.43. The average molecular weight is 396 g/mol. The molecule has 0 radical (unpaired) electrons. The molecule has 1 fully saturated rings. The molecule has 7 nitrogen and oxygen atoms in total. The van der Waals surface area contributed by atoms with Crippen LogP contribution in [0.2, 0.25) is 0 Å². The lowest BCUT2D eigenvalue weighted by Crippen LogP contribution is -2.40. The molecule has 140 valence electrons. The summed E-state index contributed by atoms with van der Waals surface area (Å²) in [6.45, 7) is 1.96. The molecule has 2 unspecified atom stereocenters. The molecule has 1 aromatic carbocycles. The van der Waals surface area contributed by atoms with Gasteiger partial charge < -0.3 is 5.32 Å². The van der Waals surface area contributed by atoms with Gasteiger partial charge in [-0.25, -0.2) is 8.42 Å². The molecular formula is C17H20N2O5S2. The van der Waals surface area contributed by atoms with Crippen molar-refractivity contribution in [1.29, 1.82) is 0 Å². The Morgan fingerprint density at radius 2 is 1.88 bits per heavy atom. The maximum Gasteiger partial charge on any atom is 0.261 e. The molecule has 2 atom stereocenters. The molecular weight excluding hydrogens is 376 g/mol. The zero-order valence-corrected chi connectivity index (χ0v) is 15.9. The fraction of sp³-hybridized carbons (Fsp3) is 0.471. The second-order valence-corrected chi connectivity index (χ2v) is 10.1. The number of sulfone groups is 1. The van der Waals surface area contributed by atoms with Crippen LogP contribution in [-0.4, -0.2) is 66.1 Å². The number of benzene rings is 1. The maximum absolute atomic E-state index is 12.3. The Morgan fingerprint density at radius 3 is 2.42 bits per heavy atom. The highest BCUT2D eigenvalue weighted by molar-refractivity contribution is 8.00. The van der Waals surface area contributed by atoms with Crippen molar-refractivity contribution in [2.75, 3.05) is 23.8 Å². The zero-order chi connectivity index (χ0) is 18.9. The van der Waals surface area contributed by atoms with Gasteiger partial charge >= 0.3 is 0 Å². The minimum absolute atomic E-state index is 0.00876. The van der Waals surface area contributed by atoms with Crippen molar-refractivity contribution >= 4 is 39.3 Å². The van der Waals surface area contributed by atoms with E-state index in [2.05, 4.69) is 5.32 Å². The highest BCUT2D eigenvalue weighted by Crippen LogP contribution is 2.23. The van der Waals surface area contributed by atoms with Crippen LogP contribution in [0.25, 0.3) is 0 Å². The first kappa shape index (κ1) is 18.9. The third-order valence-electron chi connectivity index (χ3n) is 4.51. The Balaban J connectivity index is 1.47. The number of thioether (sulfide) groups is 1. The Labute approximate surface area is 156 Å². The summed E-state index contributed by atoms with van der Waals surface area (Å²) in [4.78, 5) is 37.9. The van der Waals surface area contributed by atoms with Gasteiger partial charge in [-0.05, 0) is 25.5 Å². The summed E-state index contributed by atoms with van der Waals surface area (Å²) in [6.07, 6.45) is 0.445. The summed E-state index contributed by atoms with van der Waals surface area (Å²) >= 11 is 1.33. The molecule has 1 aromatic rings. The topological polar surface area (TPSA) is 101 Å². The fourth-order valence-corrected chi connectivity index (χ4v) is 5.60. The summed E-state index contributed by atoms with van der Waals surface area (Å²) in [5.74, 6) is -0.300. The summed E-state index contributed by atoms with van der Waals surface area (Å²) in [7, 11) is -3.04. The number of carbonyl (C=O) groups excluding carboxylic acids is 3. The van der Waals surface area contributed by atoms with Crippen molar-refractivity contribution in [2.45, 2.75) is 24.6 Å². The van der Waals surface area contributed by atoms with E-state index in [-0.39, 0.29) is 41.8 Å². The Kier molecular flexibility index (Phi) is 5.38. The Hall–Kier alpha value is -1.87. The van der Waals surface area contributed by atoms with Gasteiger partial charge in [-0.3, -0.25) is 19.3 Å². The van der Waals surface area contributed by atoms with Crippen LogP contribution in [0.15, 0.2) is 24.3 Å². The molecule has 9 heteroatoms. The quantitative estimate of drug-likeness (QED) is 0.711. The van der Waals surface area contributed by atoms with Gasteiger partial charge in [0.1, 0.15) is 0 Å². The lowest BCUT2D eigenvalue weighted by atomic mass is 10.1. The molecule has 0 aliphatic carbocycles. The van der Waals surface area contributed by atoms with Crippen LogP contribution in [0, 0.1) is 0 Å². The minimum Gasteiger partial charge on any atom is -0.351 e. The van der Waals surface area contributed by atoms with E-state index in [4.69, 9.17) is 0 Å². The van der Waals surface area contributed by atoms with Crippen LogP contribution in [0.3, 0.4) is 0 Å². The van der Waals surface area contributed by atoms with E-state index in [0.717, 1.165) is 0 Å². The van der Waals surface area contributed by atoms with Gasteiger partial charge in [0.25, 0.3) is 11.8 Å². The molecule has 2 aliphatic rings. The highest BCUT2D eigenvalue weighted by atomic mass is 32.2. The smallest absolute Gasteiger partial charge is 0.261 e. The van der Waals surface area contributed by atoms with Crippen molar-refractivity contribution in [1.82, 2.24) is 10.2 Å². The van der Waals surface area contributed by atoms with E-state index in [9.17, 15) is 22.8 Å². The number of amides is 3. The number of imide groups is 1. The predicted molar refractivity (Wildman–Crippen MR) is 98.9 cm³/mol. The largest absolute Gasteiger partial charge is 0.351 e.